The van der Waals surface area contributed by atoms with Crippen molar-refractivity contribution in [2.75, 3.05) is 6.61 Å². The third-order valence-electron chi connectivity index (χ3n) is 1.69. The van der Waals surface area contributed by atoms with Gasteiger partial charge in [0.05, 0.1) is 0 Å². The van der Waals surface area contributed by atoms with Gasteiger partial charge in [-0.2, -0.15) is 0 Å². The van der Waals surface area contributed by atoms with Gasteiger partial charge in [0.25, 0.3) is 0 Å². The van der Waals surface area contributed by atoms with Crippen LogP contribution in [0, 0.1) is 5.41 Å². The maximum Gasteiger partial charge on any atom is 0.0436 e. The quantitative estimate of drug-likeness (QED) is 0.726. The maximum atomic E-state index is 8.78. The zero-order valence-electron chi connectivity index (χ0n) is 7.95. The average molecular weight is 223 g/mol. The normalized spacial score (nSPS) is 13.6. The Hall–Kier alpha value is 0.440. The lowest BCUT2D eigenvalue weighted by molar-refractivity contribution is 0.194. The van der Waals surface area contributed by atoms with Crippen molar-refractivity contribution in [1.29, 1.82) is 0 Å². The Balaban J connectivity index is 3.91. The second kappa shape index (κ2) is 3.90. The Morgan fingerprint density at radius 1 is 1.18 bits per heavy atom. The van der Waals surface area contributed by atoms with Gasteiger partial charge in [0.15, 0.2) is 0 Å². The van der Waals surface area contributed by atoms with Gasteiger partial charge in [-0.15, -0.1) is 0 Å². The van der Waals surface area contributed by atoms with E-state index in [9.17, 15) is 0 Å². The van der Waals surface area contributed by atoms with Crippen molar-refractivity contribution in [3.05, 3.63) is 0 Å². The average Bonchev–Trinajstić information content (AvgIpc) is 1.55. The summed E-state index contributed by atoms with van der Waals surface area (Å²) in [6.45, 7) is 8.98. The highest BCUT2D eigenvalue weighted by atomic mass is 79.9. The molecule has 0 amide bonds. The Morgan fingerprint density at radius 3 is 1.91 bits per heavy atom. The summed E-state index contributed by atoms with van der Waals surface area (Å²) in [6.07, 6.45) is 1.96. The smallest absolute Gasteiger partial charge is 0.0436 e. The number of aliphatic hydroxyl groups is 1. The predicted octanol–water partition coefficient (Wildman–Crippen LogP) is 2.96. The zero-order chi connectivity index (χ0) is 9.12. The largest absolute Gasteiger partial charge is 0.396 e. The Morgan fingerprint density at radius 2 is 1.64 bits per heavy atom. The zero-order valence-corrected chi connectivity index (χ0v) is 9.53. The summed E-state index contributed by atoms with van der Waals surface area (Å²) in [6, 6.07) is 0. The number of aliphatic hydroxyl groups excluding tert-OH is 1. The molecule has 0 heterocycles. The standard InChI is InChI=1S/C9H19BrO/c1-8(2,5-6-11)7-9(3,4)10/h11H,5-7H2,1-4H3. The highest BCUT2D eigenvalue weighted by Crippen LogP contribution is 2.35. The van der Waals surface area contributed by atoms with Gasteiger partial charge in [0, 0.05) is 10.9 Å². The third kappa shape index (κ3) is 6.82. The second-order valence-corrected chi connectivity index (χ2v) is 6.68. The molecule has 0 fully saturated rings. The molecule has 0 aliphatic rings. The first-order valence-electron chi connectivity index (χ1n) is 4.07. The first-order chi connectivity index (χ1) is 4.77. The van der Waals surface area contributed by atoms with E-state index in [0.717, 1.165) is 12.8 Å². The molecule has 0 aliphatic heterocycles. The lowest BCUT2D eigenvalue weighted by Gasteiger charge is -2.30. The molecule has 68 valence electrons. The summed E-state index contributed by atoms with van der Waals surface area (Å²) in [4.78, 5) is 0. The minimum Gasteiger partial charge on any atom is -0.396 e. The molecular weight excluding hydrogens is 204 g/mol. The van der Waals surface area contributed by atoms with Crippen LogP contribution in [0.15, 0.2) is 0 Å². The molecule has 0 radical (unpaired) electrons. The fourth-order valence-corrected chi connectivity index (χ4v) is 2.29. The van der Waals surface area contributed by atoms with E-state index in [4.69, 9.17) is 5.11 Å². The van der Waals surface area contributed by atoms with Crippen molar-refractivity contribution in [2.24, 2.45) is 5.41 Å². The predicted molar refractivity (Wildman–Crippen MR) is 53.1 cm³/mol. The number of halogens is 1. The van der Waals surface area contributed by atoms with Crippen LogP contribution in [0.4, 0.5) is 0 Å². The van der Waals surface area contributed by atoms with E-state index in [1.54, 1.807) is 0 Å². The van der Waals surface area contributed by atoms with Crippen molar-refractivity contribution in [3.8, 4) is 0 Å². The van der Waals surface area contributed by atoms with Gasteiger partial charge >= 0.3 is 0 Å². The van der Waals surface area contributed by atoms with Gasteiger partial charge in [-0.25, -0.2) is 0 Å². The van der Waals surface area contributed by atoms with Crippen LogP contribution in [-0.4, -0.2) is 16.0 Å². The summed E-state index contributed by atoms with van der Waals surface area (Å²) < 4.78 is 0.186. The lowest BCUT2D eigenvalue weighted by Crippen LogP contribution is -2.23. The number of alkyl halides is 1. The van der Waals surface area contributed by atoms with Crippen LogP contribution >= 0.6 is 15.9 Å². The molecule has 0 saturated heterocycles. The maximum absolute atomic E-state index is 8.78. The molecular formula is C9H19BrO. The summed E-state index contributed by atoms with van der Waals surface area (Å²) in [5.74, 6) is 0. The Labute approximate surface area is 78.3 Å². The number of hydrogen-bond acceptors (Lipinski definition) is 1. The van der Waals surface area contributed by atoms with Gasteiger partial charge in [0.2, 0.25) is 0 Å². The summed E-state index contributed by atoms with van der Waals surface area (Å²) in [5, 5.41) is 8.78. The summed E-state index contributed by atoms with van der Waals surface area (Å²) in [5.41, 5.74) is 0.238. The first kappa shape index (κ1) is 11.4. The lowest BCUT2D eigenvalue weighted by atomic mass is 9.81. The molecule has 11 heavy (non-hydrogen) atoms. The third-order valence-corrected chi connectivity index (χ3v) is 1.97. The molecule has 1 nitrogen and oxygen atoms in total. The minimum atomic E-state index is 0.186. The van der Waals surface area contributed by atoms with Crippen LogP contribution < -0.4 is 0 Å². The van der Waals surface area contributed by atoms with Crippen molar-refractivity contribution in [1.82, 2.24) is 0 Å². The van der Waals surface area contributed by atoms with Gasteiger partial charge in [0.1, 0.15) is 0 Å². The van der Waals surface area contributed by atoms with Crippen LogP contribution in [0.5, 0.6) is 0 Å². The number of hydrogen-bond donors (Lipinski definition) is 1. The van der Waals surface area contributed by atoms with E-state index in [2.05, 4.69) is 43.6 Å². The molecule has 1 N–H and O–H groups in total. The topological polar surface area (TPSA) is 20.2 Å². The van der Waals surface area contributed by atoms with Crippen LogP contribution in [0.2, 0.25) is 0 Å². The summed E-state index contributed by atoms with van der Waals surface area (Å²) >= 11 is 3.60. The molecule has 0 aromatic rings. The van der Waals surface area contributed by atoms with Crippen LogP contribution in [0.1, 0.15) is 40.5 Å². The van der Waals surface area contributed by atoms with Crippen molar-refractivity contribution < 1.29 is 5.11 Å². The second-order valence-electron chi connectivity index (χ2n) is 4.53. The fraction of sp³-hybridized carbons (Fsp3) is 1.00. The van der Waals surface area contributed by atoms with Crippen LogP contribution in [0.25, 0.3) is 0 Å². The van der Waals surface area contributed by atoms with Crippen molar-refractivity contribution in [2.45, 2.75) is 44.9 Å². The van der Waals surface area contributed by atoms with E-state index in [1.807, 2.05) is 0 Å². The van der Waals surface area contributed by atoms with E-state index in [-0.39, 0.29) is 16.3 Å². The van der Waals surface area contributed by atoms with E-state index >= 15 is 0 Å². The molecule has 2 heteroatoms. The molecule has 0 atom stereocenters. The Kier molecular flexibility index (Phi) is 4.06. The Bertz CT molecular complexity index is 113. The fourth-order valence-electron chi connectivity index (χ4n) is 1.53. The van der Waals surface area contributed by atoms with Gasteiger partial charge in [-0.1, -0.05) is 43.6 Å². The van der Waals surface area contributed by atoms with Gasteiger partial charge in [-0.3, -0.25) is 0 Å². The van der Waals surface area contributed by atoms with Crippen molar-refractivity contribution >= 4 is 15.9 Å². The highest BCUT2D eigenvalue weighted by Gasteiger charge is 2.25. The molecule has 0 aliphatic carbocycles. The highest BCUT2D eigenvalue weighted by molar-refractivity contribution is 9.10. The monoisotopic (exact) mass is 222 g/mol. The molecule has 0 rings (SSSR count). The first-order valence-corrected chi connectivity index (χ1v) is 4.86. The molecule has 0 aromatic carbocycles. The minimum absolute atomic E-state index is 0.186. The van der Waals surface area contributed by atoms with Gasteiger partial charge < -0.3 is 5.11 Å². The van der Waals surface area contributed by atoms with Crippen LogP contribution in [-0.2, 0) is 0 Å². The SMILES string of the molecule is CC(C)(Br)CC(C)(C)CCO. The van der Waals surface area contributed by atoms with Crippen molar-refractivity contribution in [3.63, 3.8) is 0 Å². The van der Waals surface area contributed by atoms with Gasteiger partial charge in [-0.05, 0) is 18.3 Å². The number of rotatable bonds is 4. The molecule has 0 aromatic heterocycles. The molecule has 0 bridgehead atoms. The molecule has 0 saturated carbocycles. The molecule has 0 unspecified atom stereocenters. The molecule has 0 spiro atoms. The van der Waals surface area contributed by atoms with E-state index in [0.29, 0.717) is 0 Å². The van der Waals surface area contributed by atoms with Crippen LogP contribution in [0.3, 0.4) is 0 Å². The summed E-state index contributed by atoms with van der Waals surface area (Å²) in [7, 11) is 0. The van der Waals surface area contributed by atoms with E-state index in [1.165, 1.54) is 0 Å². The van der Waals surface area contributed by atoms with E-state index < -0.39 is 0 Å².